The van der Waals surface area contributed by atoms with Gasteiger partial charge in [-0.2, -0.15) is 0 Å². The lowest BCUT2D eigenvalue weighted by atomic mass is 10.0. The van der Waals surface area contributed by atoms with Crippen LogP contribution < -0.4 is 10.6 Å². The number of hydrogen-bond donors (Lipinski definition) is 2. The molecule has 2 fully saturated rings. The summed E-state index contributed by atoms with van der Waals surface area (Å²) < 4.78 is 0. The number of carbonyl (C=O) groups excluding carboxylic acids is 1. The van der Waals surface area contributed by atoms with Crippen LogP contribution in [0.3, 0.4) is 0 Å². The number of rotatable bonds is 5. The highest BCUT2D eigenvalue weighted by Crippen LogP contribution is 2.13. The van der Waals surface area contributed by atoms with Gasteiger partial charge in [0, 0.05) is 25.7 Å². The first-order valence-electron chi connectivity index (χ1n) is 7.53. The smallest absolute Gasteiger partial charge is 0.224 e. The molecule has 0 radical (unpaired) electrons. The van der Waals surface area contributed by atoms with Crippen LogP contribution in [0.25, 0.3) is 0 Å². The average Bonchev–Trinajstić information content (AvgIpc) is 2.92. The second-order valence-corrected chi connectivity index (χ2v) is 5.67. The van der Waals surface area contributed by atoms with E-state index in [1.54, 1.807) is 0 Å². The fourth-order valence-electron chi connectivity index (χ4n) is 2.88. The summed E-state index contributed by atoms with van der Waals surface area (Å²) in [7, 11) is 0. The van der Waals surface area contributed by atoms with Gasteiger partial charge in [0.2, 0.25) is 5.91 Å². The van der Waals surface area contributed by atoms with Gasteiger partial charge >= 0.3 is 0 Å². The van der Waals surface area contributed by atoms with Gasteiger partial charge in [0.25, 0.3) is 0 Å². The Morgan fingerprint density at radius 3 is 2.72 bits per heavy atom. The molecule has 0 aliphatic carbocycles. The molecular weight excluding hydrogens is 226 g/mol. The molecule has 2 N–H and O–H groups in total. The monoisotopic (exact) mass is 253 g/mol. The molecule has 2 aliphatic rings. The molecule has 4 heteroatoms. The van der Waals surface area contributed by atoms with Gasteiger partial charge in [-0.15, -0.1) is 0 Å². The van der Waals surface area contributed by atoms with Gasteiger partial charge in [-0.05, 0) is 38.8 Å². The van der Waals surface area contributed by atoms with E-state index in [4.69, 9.17) is 0 Å². The Bertz CT molecular complexity index is 256. The SMILES string of the molecule is CCCCN1CCC(NC(=O)C2CCNC2)CC1. The van der Waals surface area contributed by atoms with E-state index in [0.717, 1.165) is 45.4 Å². The predicted molar refractivity (Wildman–Crippen MR) is 73.5 cm³/mol. The van der Waals surface area contributed by atoms with E-state index >= 15 is 0 Å². The van der Waals surface area contributed by atoms with Crippen molar-refractivity contribution in [3.63, 3.8) is 0 Å². The first kappa shape index (κ1) is 13.8. The third kappa shape index (κ3) is 3.95. The van der Waals surface area contributed by atoms with E-state index in [1.165, 1.54) is 19.4 Å². The number of nitrogens with one attached hydrogen (secondary N) is 2. The number of piperidine rings is 1. The standard InChI is InChI=1S/C14H27N3O/c1-2-3-8-17-9-5-13(6-10-17)16-14(18)12-4-7-15-11-12/h12-13,15H,2-11H2,1H3,(H,16,18). The molecule has 2 rings (SSSR count). The molecule has 0 aromatic heterocycles. The summed E-state index contributed by atoms with van der Waals surface area (Å²) in [6, 6.07) is 0.413. The van der Waals surface area contributed by atoms with Gasteiger partial charge < -0.3 is 15.5 Å². The Hall–Kier alpha value is -0.610. The molecule has 2 aliphatic heterocycles. The Morgan fingerprint density at radius 2 is 2.11 bits per heavy atom. The molecule has 1 unspecified atom stereocenters. The van der Waals surface area contributed by atoms with Crippen LogP contribution in [0.5, 0.6) is 0 Å². The van der Waals surface area contributed by atoms with Gasteiger partial charge in [0.15, 0.2) is 0 Å². The number of unbranched alkanes of at least 4 members (excludes halogenated alkanes) is 1. The van der Waals surface area contributed by atoms with E-state index < -0.39 is 0 Å². The van der Waals surface area contributed by atoms with Crippen molar-refractivity contribution in [1.29, 1.82) is 0 Å². The van der Waals surface area contributed by atoms with Crippen molar-refractivity contribution in [3.8, 4) is 0 Å². The van der Waals surface area contributed by atoms with E-state index in [-0.39, 0.29) is 11.8 Å². The molecule has 2 heterocycles. The minimum atomic E-state index is 0.211. The van der Waals surface area contributed by atoms with Gasteiger partial charge in [0.1, 0.15) is 0 Å². The average molecular weight is 253 g/mol. The minimum absolute atomic E-state index is 0.211. The highest BCUT2D eigenvalue weighted by molar-refractivity contribution is 5.79. The van der Waals surface area contributed by atoms with Crippen LogP contribution in [0.1, 0.15) is 39.0 Å². The van der Waals surface area contributed by atoms with Crippen LogP contribution in [0, 0.1) is 5.92 Å². The van der Waals surface area contributed by atoms with Gasteiger partial charge in [-0.3, -0.25) is 4.79 Å². The number of carbonyl (C=O) groups is 1. The van der Waals surface area contributed by atoms with E-state index in [2.05, 4.69) is 22.5 Å². The second-order valence-electron chi connectivity index (χ2n) is 5.67. The van der Waals surface area contributed by atoms with Crippen molar-refractivity contribution in [1.82, 2.24) is 15.5 Å². The Labute approximate surface area is 110 Å². The van der Waals surface area contributed by atoms with Crippen LogP contribution in [-0.4, -0.2) is 49.6 Å². The maximum absolute atomic E-state index is 12.0. The first-order valence-corrected chi connectivity index (χ1v) is 7.53. The predicted octanol–water partition coefficient (Wildman–Crippen LogP) is 0.977. The zero-order valence-electron chi connectivity index (χ0n) is 11.6. The molecule has 18 heavy (non-hydrogen) atoms. The summed E-state index contributed by atoms with van der Waals surface area (Å²) in [5, 5.41) is 6.48. The molecule has 1 amide bonds. The lowest BCUT2D eigenvalue weighted by Gasteiger charge is -2.32. The van der Waals surface area contributed by atoms with Crippen LogP contribution in [0.4, 0.5) is 0 Å². The zero-order chi connectivity index (χ0) is 12.8. The van der Waals surface area contributed by atoms with Gasteiger partial charge in [0.05, 0.1) is 5.92 Å². The lowest BCUT2D eigenvalue weighted by Crippen LogP contribution is -2.46. The molecule has 104 valence electrons. The minimum Gasteiger partial charge on any atom is -0.353 e. The Morgan fingerprint density at radius 1 is 1.33 bits per heavy atom. The van der Waals surface area contributed by atoms with Crippen LogP contribution in [-0.2, 0) is 4.79 Å². The molecule has 4 nitrogen and oxygen atoms in total. The largest absolute Gasteiger partial charge is 0.353 e. The number of amides is 1. The van der Waals surface area contributed by atoms with Crippen LogP contribution in [0.2, 0.25) is 0 Å². The summed E-state index contributed by atoms with van der Waals surface area (Å²) in [4.78, 5) is 14.5. The molecule has 0 spiro atoms. The number of likely N-dealkylation sites (tertiary alicyclic amines) is 1. The lowest BCUT2D eigenvalue weighted by molar-refractivity contribution is -0.125. The first-order chi connectivity index (χ1) is 8.79. The summed E-state index contributed by atoms with van der Waals surface area (Å²) in [5.41, 5.74) is 0. The topological polar surface area (TPSA) is 44.4 Å². The van der Waals surface area contributed by atoms with Crippen molar-refractivity contribution in [2.24, 2.45) is 5.92 Å². The summed E-state index contributed by atoms with van der Waals surface area (Å²) in [6.07, 6.45) is 5.81. The van der Waals surface area contributed by atoms with Crippen molar-refractivity contribution in [3.05, 3.63) is 0 Å². The second kappa shape index (κ2) is 7.10. The molecule has 1 atom stereocenters. The molecular formula is C14H27N3O. The van der Waals surface area contributed by atoms with Crippen LogP contribution >= 0.6 is 0 Å². The van der Waals surface area contributed by atoms with Crippen molar-refractivity contribution in [2.45, 2.75) is 45.1 Å². The fraction of sp³-hybridized carbons (Fsp3) is 0.929. The molecule has 0 aromatic rings. The molecule has 0 bridgehead atoms. The highest BCUT2D eigenvalue weighted by atomic mass is 16.2. The third-order valence-corrected chi connectivity index (χ3v) is 4.19. The third-order valence-electron chi connectivity index (χ3n) is 4.19. The molecule has 0 saturated carbocycles. The van der Waals surface area contributed by atoms with Crippen molar-refractivity contribution >= 4 is 5.91 Å². The highest BCUT2D eigenvalue weighted by Gasteiger charge is 2.26. The Kier molecular flexibility index (Phi) is 5.45. The van der Waals surface area contributed by atoms with Gasteiger partial charge in [-0.25, -0.2) is 0 Å². The van der Waals surface area contributed by atoms with Crippen molar-refractivity contribution in [2.75, 3.05) is 32.7 Å². The Balaban J connectivity index is 1.65. The fourth-order valence-corrected chi connectivity index (χ4v) is 2.88. The molecule has 2 saturated heterocycles. The van der Waals surface area contributed by atoms with E-state index in [1.807, 2.05) is 0 Å². The maximum Gasteiger partial charge on any atom is 0.224 e. The summed E-state index contributed by atoms with van der Waals surface area (Å²) in [6.45, 7) is 7.61. The summed E-state index contributed by atoms with van der Waals surface area (Å²) in [5.74, 6) is 0.482. The van der Waals surface area contributed by atoms with Crippen molar-refractivity contribution < 1.29 is 4.79 Å². The molecule has 0 aromatic carbocycles. The zero-order valence-corrected chi connectivity index (χ0v) is 11.6. The maximum atomic E-state index is 12.0. The van der Waals surface area contributed by atoms with Gasteiger partial charge in [-0.1, -0.05) is 13.3 Å². The number of nitrogens with zero attached hydrogens (tertiary/aromatic N) is 1. The summed E-state index contributed by atoms with van der Waals surface area (Å²) >= 11 is 0. The normalized spacial score (nSPS) is 26.4. The van der Waals surface area contributed by atoms with E-state index in [0.29, 0.717) is 6.04 Å². The van der Waals surface area contributed by atoms with E-state index in [9.17, 15) is 4.79 Å². The quantitative estimate of drug-likeness (QED) is 0.767. The van der Waals surface area contributed by atoms with Crippen LogP contribution in [0.15, 0.2) is 0 Å². The number of hydrogen-bond acceptors (Lipinski definition) is 3.